The zero-order valence-electron chi connectivity index (χ0n) is 14.8. The molecule has 0 saturated heterocycles. The van der Waals surface area contributed by atoms with E-state index in [0.29, 0.717) is 13.0 Å². The standard InChI is InChI=1S/C20H21N3O2S/c1-25-18-8-6-15(7-9-18)10-11-22-20(24)16(13-21)14-23-17-4-3-5-19(12-17)26-2/h3-9,12,14,23H,10-11H2,1-2H3,(H,22,24)/b16-14-. The Morgan fingerprint density at radius 2 is 2.04 bits per heavy atom. The number of thioether (sulfide) groups is 1. The summed E-state index contributed by atoms with van der Waals surface area (Å²) in [5.41, 5.74) is 1.95. The third-order valence-electron chi connectivity index (χ3n) is 3.68. The number of rotatable bonds is 8. The second-order valence-corrected chi connectivity index (χ2v) is 6.28. The highest BCUT2D eigenvalue weighted by Crippen LogP contribution is 2.19. The number of methoxy groups -OCH3 is 1. The molecular formula is C20H21N3O2S. The van der Waals surface area contributed by atoms with Crippen LogP contribution in [0.4, 0.5) is 5.69 Å². The van der Waals surface area contributed by atoms with Gasteiger partial charge in [0, 0.05) is 23.3 Å². The lowest BCUT2D eigenvalue weighted by Gasteiger charge is -2.07. The molecule has 134 valence electrons. The molecule has 2 N–H and O–H groups in total. The average molecular weight is 367 g/mol. The maximum atomic E-state index is 12.1. The van der Waals surface area contributed by atoms with Crippen molar-refractivity contribution in [2.24, 2.45) is 0 Å². The van der Waals surface area contributed by atoms with Gasteiger partial charge in [0.25, 0.3) is 5.91 Å². The SMILES string of the molecule is COc1ccc(CCNC(=O)/C(C#N)=C\Nc2cccc(SC)c2)cc1. The molecule has 0 unspecified atom stereocenters. The number of ether oxygens (including phenoxy) is 1. The lowest BCUT2D eigenvalue weighted by Crippen LogP contribution is -2.27. The number of nitriles is 1. The van der Waals surface area contributed by atoms with Gasteiger partial charge in [-0.25, -0.2) is 0 Å². The van der Waals surface area contributed by atoms with Crippen molar-refractivity contribution in [3.05, 3.63) is 65.9 Å². The minimum atomic E-state index is -0.394. The first-order valence-electron chi connectivity index (χ1n) is 8.08. The molecule has 0 aliphatic heterocycles. The van der Waals surface area contributed by atoms with Gasteiger partial charge in [0.05, 0.1) is 7.11 Å². The van der Waals surface area contributed by atoms with E-state index >= 15 is 0 Å². The van der Waals surface area contributed by atoms with E-state index in [2.05, 4.69) is 10.6 Å². The molecular weight excluding hydrogens is 346 g/mol. The number of benzene rings is 2. The Labute approximate surface area is 158 Å². The van der Waals surface area contributed by atoms with E-state index in [-0.39, 0.29) is 5.57 Å². The zero-order chi connectivity index (χ0) is 18.8. The van der Waals surface area contributed by atoms with Crippen molar-refractivity contribution in [1.29, 1.82) is 5.26 Å². The summed E-state index contributed by atoms with van der Waals surface area (Å²) < 4.78 is 5.11. The summed E-state index contributed by atoms with van der Waals surface area (Å²) in [5, 5.41) is 15.0. The van der Waals surface area contributed by atoms with Crippen LogP contribution in [0, 0.1) is 11.3 Å². The second-order valence-electron chi connectivity index (χ2n) is 5.40. The number of nitrogens with one attached hydrogen (secondary N) is 2. The molecule has 0 aliphatic carbocycles. The van der Waals surface area contributed by atoms with Crippen LogP contribution in [-0.2, 0) is 11.2 Å². The number of hydrogen-bond acceptors (Lipinski definition) is 5. The van der Waals surface area contributed by atoms with Gasteiger partial charge < -0.3 is 15.4 Å². The number of hydrogen-bond donors (Lipinski definition) is 2. The molecule has 0 heterocycles. The Morgan fingerprint density at radius 3 is 2.69 bits per heavy atom. The van der Waals surface area contributed by atoms with Gasteiger partial charge in [-0.2, -0.15) is 5.26 Å². The number of carbonyl (C=O) groups excluding carboxylic acids is 1. The van der Waals surface area contributed by atoms with Crippen LogP contribution < -0.4 is 15.4 Å². The van der Waals surface area contributed by atoms with E-state index < -0.39 is 5.91 Å². The van der Waals surface area contributed by atoms with Gasteiger partial charge in [-0.15, -0.1) is 11.8 Å². The highest BCUT2D eigenvalue weighted by molar-refractivity contribution is 7.98. The molecule has 0 aromatic heterocycles. The molecule has 0 bridgehead atoms. The van der Waals surface area contributed by atoms with E-state index in [9.17, 15) is 10.1 Å². The normalized spacial score (nSPS) is 10.7. The van der Waals surface area contributed by atoms with Gasteiger partial charge >= 0.3 is 0 Å². The third-order valence-corrected chi connectivity index (χ3v) is 4.40. The highest BCUT2D eigenvalue weighted by Gasteiger charge is 2.08. The molecule has 0 saturated carbocycles. The minimum Gasteiger partial charge on any atom is -0.497 e. The van der Waals surface area contributed by atoms with Gasteiger partial charge in [-0.1, -0.05) is 18.2 Å². The van der Waals surface area contributed by atoms with Crippen LogP contribution >= 0.6 is 11.8 Å². The number of carbonyl (C=O) groups is 1. The molecule has 1 amide bonds. The monoisotopic (exact) mass is 367 g/mol. The molecule has 2 rings (SSSR count). The van der Waals surface area contributed by atoms with Gasteiger partial charge in [0.2, 0.25) is 0 Å². The zero-order valence-corrected chi connectivity index (χ0v) is 15.6. The van der Waals surface area contributed by atoms with Crippen LogP contribution in [0.3, 0.4) is 0 Å². The second kappa shape index (κ2) is 10.2. The molecule has 0 fully saturated rings. The fraction of sp³-hybridized carbons (Fsp3) is 0.200. The summed E-state index contributed by atoms with van der Waals surface area (Å²) in [4.78, 5) is 13.2. The van der Waals surface area contributed by atoms with Crippen molar-refractivity contribution in [3.8, 4) is 11.8 Å². The summed E-state index contributed by atoms with van der Waals surface area (Å²) in [5.74, 6) is 0.402. The van der Waals surface area contributed by atoms with E-state index in [1.165, 1.54) is 6.20 Å². The topological polar surface area (TPSA) is 74.1 Å². The lowest BCUT2D eigenvalue weighted by atomic mass is 10.1. The maximum absolute atomic E-state index is 12.1. The molecule has 6 heteroatoms. The van der Waals surface area contributed by atoms with Crippen LogP contribution in [0.25, 0.3) is 0 Å². The minimum absolute atomic E-state index is 0.0364. The highest BCUT2D eigenvalue weighted by atomic mass is 32.2. The Hall–Kier alpha value is -2.91. The van der Waals surface area contributed by atoms with Crippen LogP contribution in [0.2, 0.25) is 0 Å². The van der Waals surface area contributed by atoms with Crippen molar-refractivity contribution >= 4 is 23.4 Å². The molecule has 26 heavy (non-hydrogen) atoms. The Morgan fingerprint density at radius 1 is 1.27 bits per heavy atom. The van der Waals surface area contributed by atoms with E-state index in [0.717, 1.165) is 21.9 Å². The smallest absolute Gasteiger partial charge is 0.263 e. The van der Waals surface area contributed by atoms with Crippen molar-refractivity contribution < 1.29 is 9.53 Å². The number of amides is 1. The van der Waals surface area contributed by atoms with Crippen molar-refractivity contribution in [2.45, 2.75) is 11.3 Å². The number of nitrogens with zero attached hydrogens (tertiary/aromatic N) is 1. The summed E-state index contributed by atoms with van der Waals surface area (Å²) in [7, 11) is 1.62. The van der Waals surface area contributed by atoms with Gasteiger partial charge in [0.15, 0.2) is 0 Å². The first-order chi connectivity index (χ1) is 12.7. The summed E-state index contributed by atoms with van der Waals surface area (Å²) >= 11 is 1.63. The van der Waals surface area contributed by atoms with Crippen molar-refractivity contribution in [1.82, 2.24) is 5.32 Å². The van der Waals surface area contributed by atoms with Gasteiger partial charge in [0.1, 0.15) is 17.4 Å². The molecule has 0 spiro atoms. The Bertz CT molecular complexity index is 811. The molecule has 2 aromatic carbocycles. The fourth-order valence-corrected chi connectivity index (χ4v) is 2.68. The first kappa shape index (κ1) is 19.4. The van der Waals surface area contributed by atoms with E-state index in [1.54, 1.807) is 18.9 Å². The summed E-state index contributed by atoms with van der Waals surface area (Å²) in [6, 6.07) is 17.3. The predicted molar refractivity (Wildman–Crippen MR) is 105 cm³/mol. The molecule has 0 radical (unpaired) electrons. The quantitative estimate of drug-likeness (QED) is 0.424. The summed E-state index contributed by atoms with van der Waals surface area (Å²) in [6.45, 7) is 0.451. The fourth-order valence-electron chi connectivity index (χ4n) is 2.22. The largest absolute Gasteiger partial charge is 0.497 e. The van der Waals surface area contributed by atoms with Crippen molar-refractivity contribution in [3.63, 3.8) is 0 Å². The van der Waals surface area contributed by atoms with Crippen LogP contribution in [0.15, 0.2) is 65.2 Å². The average Bonchev–Trinajstić information content (AvgIpc) is 2.69. The molecule has 5 nitrogen and oxygen atoms in total. The third kappa shape index (κ3) is 5.87. The first-order valence-corrected chi connectivity index (χ1v) is 9.30. The predicted octanol–water partition coefficient (Wildman–Crippen LogP) is 3.60. The van der Waals surface area contributed by atoms with Crippen LogP contribution in [0.5, 0.6) is 5.75 Å². The Balaban J connectivity index is 1.87. The molecule has 2 aromatic rings. The van der Waals surface area contributed by atoms with E-state index in [1.807, 2.05) is 60.9 Å². The number of anilines is 1. The van der Waals surface area contributed by atoms with Crippen molar-refractivity contribution in [2.75, 3.05) is 25.2 Å². The van der Waals surface area contributed by atoms with E-state index in [4.69, 9.17) is 4.74 Å². The summed E-state index contributed by atoms with van der Waals surface area (Å²) in [6.07, 6.45) is 4.10. The van der Waals surface area contributed by atoms with Crippen LogP contribution in [-0.4, -0.2) is 25.8 Å². The molecule has 0 aliphatic rings. The Kier molecular flexibility index (Phi) is 7.59. The van der Waals surface area contributed by atoms with Gasteiger partial charge in [-0.05, 0) is 48.6 Å². The lowest BCUT2D eigenvalue weighted by molar-refractivity contribution is -0.117. The van der Waals surface area contributed by atoms with Crippen LogP contribution in [0.1, 0.15) is 5.56 Å². The van der Waals surface area contributed by atoms with Gasteiger partial charge in [-0.3, -0.25) is 4.79 Å². The molecule has 0 atom stereocenters. The maximum Gasteiger partial charge on any atom is 0.263 e.